The molecule has 0 spiro atoms. The fourth-order valence-corrected chi connectivity index (χ4v) is 7.22. The van der Waals surface area contributed by atoms with E-state index in [9.17, 15) is 18.0 Å². The van der Waals surface area contributed by atoms with E-state index in [0.717, 1.165) is 58.1 Å². The number of urea groups is 1. The molecule has 228 valence electrons. The number of hydrogen-bond acceptors (Lipinski definition) is 4. The first-order chi connectivity index (χ1) is 21.6. The number of rotatable bonds is 7. The van der Waals surface area contributed by atoms with Gasteiger partial charge in [0.25, 0.3) is 15.9 Å². The van der Waals surface area contributed by atoms with Crippen molar-refractivity contribution in [3.05, 3.63) is 119 Å². The van der Waals surface area contributed by atoms with Crippen LogP contribution in [0.2, 0.25) is 5.02 Å². The number of amides is 3. The van der Waals surface area contributed by atoms with Gasteiger partial charge in [-0.1, -0.05) is 60.1 Å². The van der Waals surface area contributed by atoms with Crippen LogP contribution in [-0.2, 0) is 22.9 Å². The molecule has 1 aliphatic heterocycles. The maximum absolute atomic E-state index is 13.5. The molecule has 10 heteroatoms. The Hall–Kier alpha value is -4.60. The summed E-state index contributed by atoms with van der Waals surface area (Å²) in [6, 6.07) is 29.5. The lowest BCUT2D eigenvalue weighted by atomic mass is 9.99. The fourth-order valence-electron chi connectivity index (χ4n) is 6.19. The van der Waals surface area contributed by atoms with Gasteiger partial charge in [0.05, 0.1) is 10.4 Å². The summed E-state index contributed by atoms with van der Waals surface area (Å²) in [6.45, 7) is 0.670. The Morgan fingerprint density at radius 1 is 0.911 bits per heavy atom. The number of nitrogens with zero attached hydrogens (tertiary/aromatic N) is 2. The molecule has 0 unspecified atom stereocenters. The second-order valence-corrected chi connectivity index (χ2v) is 14.0. The van der Waals surface area contributed by atoms with E-state index in [4.69, 9.17) is 11.6 Å². The van der Waals surface area contributed by atoms with Crippen LogP contribution in [0.3, 0.4) is 0 Å². The van der Waals surface area contributed by atoms with Gasteiger partial charge in [-0.15, -0.1) is 0 Å². The van der Waals surface area contributed by atoms with Gasteiger partial charge in [-0.3, -0.25) is 4.79 Å². The lowest BCUT2D eigenvalue weighted by Crippen LogP contribution is -2.46. The zero-order valence-electron chi connectivity index (χ0n) is 24.6. The third-order valence-corrected chi connectivity index (χ3v) is 10.3. The fraction of sp³-hybridized carbons (Fsp3) is 0.200. The number of likely N-dealkylation sites (N-methyl/N-ethyl adjacent to an activating group) is 1. The van der Waals surface area contributed by atoms with E-state index >= 15 is 0 Å². The Bertz CT molecular complexity index is 2050. The molecular weight excluding hydrogens is 608 g/mol. The van der Waals surface area contributed by atoms with Crippen molar-refractivity contribution in [1.29, 1.82) is 0 Å². The highest BCUT2D eigenvalue weighted by Gasteiger charge is 2.44. The number of sulfonamides is 1. The molecule has 0 atom stereocenters. The minimum absolute atomic E-state index is 0.00140. The molecule has 1 aromatic heterocycles. The monoisotopic (exact) mass is 638 g/mol. The Kier molecular flexibility index (Phi) is 7.17. The van der Waals surface area contributed by atoms with Gasteiger partial charge in [0.1, 0.15) is 5.69 Å². The number of carbonyl (C=O) groups excluding carboxylic acids is 2. The number of benzene rings is 4. The minimum atomic E-state index is -4.03. The molecule has 1 saturated carbocycles. The Labute approximate surface area is 266 Å². The van der Waals surface area contributed by atoms with Crippen molar-refractivity contribution >= 4 is 44.5 Å². The average Bonchev–Trinajstić information content (AvgIpc) is 3.69. The molecule has 4 aromatic carbocycles. The minimum Gasteiger partial charge on any atom is -0.340 e. The van der Waals surface area contributed by atoms with Gasteiger partial charge in [-0.2, -0.15) is 0 Å². The highest BCUT2D eigenvalue weighted by atomic mass is 35.5. The smallest absolute Gasteiger partial charge is 0.329 e. The Morgan fingerprint density at radius 2 is 1.62 bits per heavy atom. The average molecular weight is 639 g/mol. The van der Waals surface area contributed by atoms with Crippen molar-refractivity contribution in [2.75, 3.05) is 13.6 Å². The van der Waals surface area contributed by atoms with Gasteiger partial charge in [-0.25, -0.2) is 17.9 Å². The molecule has 7 rings (SSSR count). The molecule has 45 heavy (non-hydrogen) atoms. The summed E-state index contributed by atoms with van der Waals surface area (Å²) in [5.41, 5.74) is 6.33. The normalized spacial score (nSPS) is 15.5. The number of fused-ring (bicyclic) bond motifs is 3. The molecule has 5 aromatic rings. The van der Waals surface area contributed by atoms with E-state index in [0.29, 0.717) is 23.7 Å². The molecule has 1 fully saturated rings. The third-order valence-electron chi connectivity index (χ3n) is 8.75. The van der Waals surface area contributed by atoms with Crippen LogP contribution in [0.25, 0.3) is 27.7 Å². The van der Waals surface area contributed by atoms with Gasteiger partial charge in [-0.05, 0) is 96.5 Å². The third kappa shape index (κ3) is 5.58. The van der Waals surface area contributed by atoms with Crippen LogP contribution in [0.1, 0.15) is 34.5 Å². The van der Waals surface area contributed by atoms with Crippen LogP contribution in [0.5, 0.6) is 0 Å². The molecule has 8 nitrogen and oxygen atoms in total. The van der Waals surface area contributed by atoms with Gasteiger partial charge in [0.2, 0.25) is 0 Å². The van der Waals surface area contributed by atoms with Crippen LogP contribution in [-0.4, -0.2) is 49.0 Å². The maximum atomic E-state index is 13.5. The molecule has 2 N–H and O–H groups in total. The topological polar surface area (TPSA) is 101 Å². The zero-order valence-corrected chi connectivity index (χ0v) is 26.2. The van der Waals surface area contributed by atoms with Crippen molar-refractivity contribution in [1.82, 2.24) is 19.5 Å². The number of carbonyl (C=O) groups is 2. The predicted octanol–water partition coefficient (Wildman–Crippen LogP) is 6.34. The molecule has 0 bridgehead atoms. The molecule has 0 radical (unpaired) electrons. The van der Waals surface area contributed by atoms with Crippen LogP contribution < -0.4 is 10.0 Å². The van der Waals surface area contributed by atoms with Crippen molar-refractivity contribution in [2.45, 2.75) is 36.1 Å². The molecule has 2 aliphatic rings. The zero-order chi connectivity index (χ0) is 31.3. The van der Waals surface area contributed by atoms with Crippen LogP contribution >= 0.6 is 11.6 Å². The summed E-state index contributed by atoms with van der Waals surface area (Å²) in [4.78, 5) is 28.0. The van der Waals surface area contributed by atoms with Crippen molar-refractivity contribution in [3.8, 4) is 16.8 Å². The SMILES string of the molecule is CN1CCc2c(n(-c3ccc(CC4(NC(=O)NS(=O)(=O)c5ccc(Cl)cc5)CC4)cc3)c3ccc(-c4ccccc4)cc23)C1=O. The second-order valence-electron chi connectivity index (χ2n) is 11.9. The van der Waals surface area contributed by atoms with Gasteiger partial charge in [0, 0.05) is 35.2 Å². The maximum Gasteiger partial charge on any atom is 0.329 e. The molecule has 1 aliphatic carbocycles. The first-order valence-corrected chi connectivity index (χ1v) is 16.7. The molecule has 0 saturated heterocycles. The summed E-state index contributed by atoms with van der Waals surface area (Å²) in [7, 11) is -2.19. The highest BCUT2D eigenvalue weighted by Crippen LogP contribution is 2.40. The van der Waals surface area contributed by atoms with Gasteiger partial charge in [0.15, 0.2) is 0 Å². The van der Waals surface area contributed by atoms with E-state index < -0.39 is 21.6 Å². The lowest BCUT2D eigenvalue weighted by Gasteiger charge is -2.24. The highest BCUT2D eigenvalue weighted by molar-refractivity contribution is 7.90. The van der Waals surface area contributed by atoms with Gasteiger partial charge < -0.3 is 14.8 Å². The van der Waals surface area contributed by atoms with Crippen molar-refractivity contribution in [3.63, 3.8) is 0 Å². The van der Waals surface area contributed by atoms with Crippen LogP contribution in [0, 0.1) is 0 Å². The quantitative estimate of drug-likeness (QED) is 0.217. The number of nitrogens with one attached hydrogen (secondary N) is 2. The lowest BCUT2D eigenvalue weighted by molar-refractivity contribution is 0.0773. The summed E-state index contributed by atoms with van der Waals surface area (Å²) in [6.07, 6.45) is 2.81. The molecule has 2 heterocycles. The summed E-state index contributed by atoms with van der Waals surface area (Å²) in [5, 5.41) is 4.37. The van der Waals surface area contributed by atoms with Crippen LogP contribution in [0.4, 0.5) is 4.79 Å². The number of aromatic nitrogens is 1. The van der Waals surface area contributed by atoms with Crippen molar-refractivity contribution < 1.29 is 18.0 Å². The van der Waals surface area contributed by atoms with E-state index in [1.54, 1.807) is 4.90 Å². The molecular formula is C35H31ClN4O4S. The van der Waals surface area contributed by atoms with E-state index in [1.165, 1.54) is 24.3 Å². The number of hydrogen-bond donors (Lipinski definition) is 2. The summed E-state index contributed by atoms with van der Waals surface area (Å²) < 4.78 is 29.5. The van der Waals surface area contributed by atoms with E-state index in [2.05, 4.69) is 44.9 Å². The standard InChI is InChI=1S/C35H31ClN4O4S/c1-39-20-17-29-30-21-25(24-5-3-2-4-6-24)9-16-31(30)40(32(29)33(39)41)27-12-7-23(8-13-27)22-35(18-19-35)37-34(42)38-45(43,44)28-14-10-26(36)11-15-28/h2-16,21H,17-20,22H2,1H3,(H2,37,38,42). The summed E-state index contributed by atoms with van der Waals surface area (Å²) >= 11 is 5.86. The first kappa shape index (κ1) is 29.1. The largest absolute Gasteiger partial charge is 0.340 e. The predicted molar refractivity (Wildman–Crippen MR) is 175 cm³/mol. The van der Waals surface area contributed by atoms with Crippen LogP contribution in [0.15, 0.2) is 102 Å². The summed E-state index contributed by atoms with van der Waals surface area (Å²) in [5.74, 6) is -0.00140. The Balaban J connectivity index is 1.14. The first-order valence-electron chi connectivity index (χ1n) is 14.8. The van der Waals surface area contributed by atoms with Crippen molar-refractivity contribution in [2.24, 2.45) is 0 Å². The van der Waals surface area contributed by atoms with E-state index in [1.807, 2.05) is 49.5 Å². The second kappa shape index (κ2) is 11.1. The number of halogens is 1. The Morgan fingerprint density at radius 3 is 2.31 bits per heavy atom. The van der Waals surface area contributed by atoms with Gasteiger partial charge >= 0.3 is 6.03 Å². The molecule has 3 amide bonds. The van der Waals surface area contributed by atoms with E-state index in [-0.39, 0.29) is 10.8 Å².